The van der Waals surface area contributed by atoms with Gasteiger partial charge in [-0.1, -0.05) is 32.4 Å². The van der Waals surface area contributed by atoms with Crippen LogP contribution in [0, 0.1) is 28.6 Å². The molecule has 7 unspecified atom stereocenters. The molecule has 0 amide bonds. The molecule has 0 saturated heterocycles. The average Bonchev–Trinajstić information content (AvgIpc) is 2.56. The van der Waals surface area contributed by atoms with E-state index in [4.69, 9.17) is 9.84 Å². The van der Waals surface area contributed by atoms with Gasteiger partial charge in [0.2, 0.25) is 0 Å². The summed E-state index contributed by atoms with van der Waals surface area (Å²) in [7, 11) is 0. The Morgan fingerprint density at radius 3 is 2.54 bits per heavy atom. The summed E-state index contributed by atoms with van der Waals surface area (Å²) in [5.41, 5.74) is 0.273. The predicted molar refractivity (Wildman–Crippen MR) is 105 cm³/mol. The number of carboxylic acid groups (broad SMARTS) is 1. The molecule has 2 aliphatic rings. The van der Waals surface area contributed by atoms with Gasteiger partial charge in [0, 0.05) is 18.8 Å². The first-order valence-corrected chi connectivity index (χ1v) is 10.3. The molecule has 0 aromatic rings. The lowest BCUT2D eigenvalue weighted by Crippen LogP contribution is -2.62. The monoisotopic (exact) mass is 396 g/mol. The van der Waals surface area contributed by atoms with Crippen molar-refractivity contribution in [2.24, 2.45) is 28.6 Å². The smallest absolute Gasteiger partial charge is 0.303 e. The van der Waals surface area contributed by atoms with Crippen LogP contribution in [0.15, 0.2) is 11.6 Å². The van der Waals surface area contributed by atoms with Crippen molar-refractivity contribution in [2.45, 2.75) is 78.9 Å². The number of ether oxygens (including phenoxy) is 1. The summed E-state index contributed by atoms with van der Waals surface area (Å²) in [6, 6.07) is 0. The van der Waals surface area contributed by atoms with Gasteiger partial charge in [-0.2, -0.15) is 0 Å². The molecule has 0 heterocycles. The minimum absolute atomic E-state index is 0.0567. The van der Waals surface area contributed by atoms with Crippen molar-refractivity contribution < 1.29 is 29.6 Å². The number of esters is 1. The number of hydrogen-bond donors (Lipinski definition) is 3. The number of aliphatic hydroxyl groups excluding tert-OH is 2. The maximum absolute atomic E-state index is 11.4. The first-order valence-electron chi connectivity index (χ1n) is 10.3. The van der Waals surface area contributed by atoms with E-state index in [0.29, 0.717) is 6.42 Å². The maximum atomic E-state index is 11.4. The summed E-state index contributed by atoms with van der Waals surface area (Å²) >= 11 is 0. The molecule has 160 valence electrons. The summed E-state index contributed by atoms with van der Waals surface area (Å²) in [6.07, 6.45) is 3.41. The van der Waals surface area contributed by atoms with Crippen molar-refractivity contribution in [2.75, 3.05) is 6.61 Å². The van der Waals surface area contributed by atoms with Gasteiger partial charge in [-0.25, -0.2) is 0 Å². The van der Waals surface area contributed by atoms with Crippen molar-refractivity contribution in [3.63, 3.8) is 0 Å². The van der Waals surface area contributed by atoms with E-state index < -0.39 is 29.6 Å². The molecule has 1 saturated carbocycles. The Balaban J connectivity index is 2.30. The quantitative estimate of drug-likeness (QED) is 0.451. The van der Waals surface area contributed by atoms with E-state index in [2.05, 4.69) is 19.9 Å². The average molecular weight is 397 g/mol. The van der Waals surface area contributed by atoms with E-state index in [1.54, 1.807) is 0 Å². The number of fused-ring (bicyclic) bond motifs is 1. The fraction of sp³-hybridized carbons (Fsp3) is 0.818. The molecule has 1 fully saturated rings. The van der Waals surface area contributed by atoms with Crippen LogP contribution in [0.1, 0.15) is 66.7 Å². The van der Waals surface area contributed by atoms with Crippen LogP contribution in [-0.2, 0) is 14.3 Å². The van der Waals surface area contributed by atoms with Crippen LogP contribution in [0.4, 0.5) is 0 Å². The molecule has 0 aromatic carbocycles. The number of rotatable bonds is 7. The number of carboxylic acids is 1. The van der Waals surface area contributed by atoms with Crippen molar-refractivity contribution in [1.82, 2.24) is 0 Å². The fourth-order valence-corrected chi connectivity index (χ4v) is 5.84. The molecular formula is C22H36O6. The molecule has 2 rings (SSSR count). The van der Waals surface area contributed by atoms with Gasteiger partial charge >= 0.3 is 11.9 Å². The largest absolute Gasteiger partial charge is 0.481 e. The number of hydrogen-bond acceptors (Lipinski definition) is 5. The van der Waals surface area contributed by atoms with Crippen molar-refractivity contribution >= 4 is 11.9 Å². The number of carbonyl (C=O) groups excluding carboxylic acids is 1. The summed E-state index contributed by atoms with van der Waals surface area (Å²) in [4.78, 5) is 22.4. The number of allylic oxidation sites excluding steroid dienone is 2. The van der Waals surface area contributed by atoms with E-state index in [9.17, 15) is 19.8 Å². The summed E-state index contributed by atoms with van der Waals surface area (Å²) < 4.78 is 5.31. The Kier molecular flexibility index (Phi) is 6.98. The highest BCUT2D eigenvalue weighted by Gasteiger charge is 2.60. The van der Waals surface area contributed by atoms with Crippen LogP contribution >= 0.6 is 0 Å². The van der Waals surface area contributed by atoms with Crippen LogP contribution in [0.25, 0.3) is 0 Å². The lowest BCUT2D eigenvalue weighted by atomic mass is 9.46. The standard InChI is InChI=1S/C22H36O6/c1-13(10-19(25)26)6-8-16-14(2)7-9-18-21(16,4)11-17(24)20(27)22(18,5)12-28-15(3)23/h7,13,16-18,20,24,27H,6,8-12H2,1-5H3,(H,25,26). The van der Waals surface area contributed by atoms with Crippen LogP contribution < -0.4 is 0 Å². The molecule has 7 atom stereocenters. The van der Waals surface area contributed by atoms with Crippen LogP contribution in [0.2, 0.25) is 0 Å². The van der Waals surface area contributed by atoms with Crippen molar-refractivity contribution in [3.05, 3.63) is 11.6 Å². The third kappa shape index (κ3) is 4.43. The maximum Gasteiger partial charge on any atom is 0.303 e. The van der Waals surface area contributed by atoms with Crippen molar-refractivity contribution in [3.8, 4) is 0 Å². The van der Waals surface area contributed by atoms with Gasteiger partial charge in [0.1, 0.15) is 0 Å². The van der Waals surface area contributed by atoms with E-state index in [-0.39, 0.29) is 36.2 Å². The van der Waals surface area contributed by atoms with Crippen molar-refractivity contribution in [1.29, 1.82) is 0 Å². The second-order valence-electron chi connectivity index (χ2n) is 9.58. The first-order chi connectivity index (χ1) is 12.9. The van der Waals surface area contributed by atoms with Gasteiger partial charge in [-0.05, 0) is 55.8 Å². The number of aliphatic carboxylic acids is 1. The Morgan fingerprint density at radius 1 is 1.32 bits per heavy atom. The number of carbonyl (C=O) groups is 2. The normalized spacial score (nSPS) is 38.9. The third-order valence-electron chi connectivity index (χ3n) is 7.36. The van der Waals surface area contributed by atoms with E-state index in [0.717, 1.165) is 19.3 Å². The van der Waals surface area contributed by atoms with Gasteiger partial charge in [-0.15, -0.1) is 0 Å². The molecule has 0 aliphatic heterocycles. The van der Waals surface area contributed by atoms with Crippen LogP contribution in [-0.4, -0.2) is 46.1 Å². The lowest BCUT2D eigenvalue weighted by molar-refractivity contribution is -0.202. The van der Waals surface area contributed by atoms with Gasteiger partial charge in [0.25, 0.3) is 0 Å². The highest BCUT2D eigenvalue weighted by molar-refractivity contribution is 5.67. The zero-order chi connectivity index (χ0) is 21.3. The zero-order valence-corrected chi connectivity index (χ0v) is 17.8. The van der Waals surface area contributed by atoms with E-state index >= 15 is 0 Å². The van der Waals surface area contributed by atoms with Crippen LogP contribution in [0.5, 0.6) is 0 Å². The second kappa shape index (κ2) is 8.54. The third-order valence-corrected chi connectivity index (χ3v) is 7.36. The zero-order valence-electron chi connectivity index (χ0n) is 17.8. The van der Waals surface area contributed by atoms with E-state index in [1.807, 2.05) is 13.8 Å². The Morgan fingerprint density at radius 2 is 1.96 bits per heavy atom. The lowest BCUT2D eigenvalue weighted by Gasteiger charge is -2.60. The van der Waals surface area contributed by atoms with Gasteiger partial charge in [0.15, 0.2) is 0 Å². The first kappa shape index (κ1) is 22.9. The molecule has 6 heteroatoms. The topological polar surface area (TPSA) is 104 Å². The minimum Gasteiger partial charge on any atom is -0.481 e. The molecule has 6 nitrogen and oxygen atoms in total. The highest BCUT2D eigenvalue weighted by atomic mass is 16.5. The molecule has 2 aliphatic carbocycles. The van der Waals surface area contributed by atoms with E-state index in [1.165, 1.54) is 12.5 Å². The predicted octanol–water partition coefficient (Wildman–Crippen LogP) is 3.16. The molecular weight excluding hydrogens is 360 g/mol. The molecule has 28 heavy (non-hydrogen) atoms. The SMILES string of the molecule is CC(=O)OCC1(C)C(O)C(O)CC2(C)C(CCC(C)CC(=O)O)C(C)=CCC21. The summed E-state index contributed by atoms with van der Waals surface area (Å²) in [5, 5.41) is 30.5. The Hall–Kier alpha value is -1.40. The van der Waals surface area contributed by atoms with Gasteiger partial charge in [0.05, 0.1) is 18.8 Å². The second-order valence-corrected chi connectivity index (χ2v) is 9.58. The summed E-state index contributed by atoms with van der Waals surface area (Å²) in [5.74, 6) is -0.835. The molecule has 0 spiro atoms. The molecule has 0 bridgehead atoms. The summed E-state index contributed by atoms with van der Waals surface area (Å²) in [6.45, 7) is 9.57. The van der Waals surface area contributed by atoms with Crippen LogP contribution in [0.3, 0.4) is 0 Å². The Labute approximate surface area is 168 Å². The highest BCUT2D eigenvalue weighted by Crippen LogP contribution is 2.61. The molecule has 0 radical (unpaired) electrons. The molecule has 3 N–H and O–H groups in total. The van der Waals surface area contributed by atoms with Gasteiger partial charge in [-0.3, -0.25) is 9.59 Å². The molecule has 0 aromatic heterocycles. The van der Waals surface area contributed by atoms with Gasteiger partial charge < -0.3 is 20.1 Å². The minimum atomic E-state index is -0.955. The Bertz CT molecular complexity index is 629. The number of aliphatic hydroxyl groups is 2. The fourth-order valence-electron chi connectivity index (χ4n) is 5.84.